The number of rotatable bonds is 5. The maximum atomic E-state index is 12.0. The van der Waals surface area contributed by atoms with Crippen LogP contribution >= 0.6 is 0 Å². The summed E-state index contributed by atoms with van der Waals surface area (Å²) in [6, 6.07) is 16.8. The van der Waals surface area contributed by atoms with Crippen LogP contribution in [0.2, 0.25) is 0 Å². The lowest BCUT2D eigenvalue weighted by Crippen LogP contribution is -2.22. The molecule has 1 amide bonds. The van der Waals surface area contributed by atoms with Crippen LogP contribution in [0.5, 0.6) is 0 Å². The van der Waals surface area contributed by atoms with Gasteiger partial charge in [0.1, 0.15) is 0 Å². The lowest BCUT2D eigenvalue weighted by Gasteiger charge is -2.14. The quantitative estimate of drug-likeness (QED) is 0.882. The van der Waals surface area contributed by atoms with Crippen molar-refractivity contribution in [1.29, 1.82) is 5.26 Å². The first kappa shape index (κ1) is 15.6. The van der Waals surface area contributed by atoms with Crippen molar-refractivity contribution < 1.29 is 4.79 Å². The standard InChI is InChI=1S/C18H19N3O/c1-13(2)16-5-3-4-6-17(16)20-12-18(22)21-15-9-7-14(11-19)8-10-15/h3-10,13,20H,12H2,1-2H3,(H,21,22). The van der Waals surface area contributed by atoms with E-state index in [1.807, 2.05) is 24.3 Å². The number of amides is 1. The number of anilines is 2. The van der Waals surface area contributed by atoms with Crippen molar-refractivity contribution in [3.8, 4) is 6.07 Å². The van der Waals surface area contributed by atoms with E-state index in [0.717, 1.165) is 5.69 Å². The minimum Gasteiger partial charge on any atom is -0.376 e. The fourth-order valence-electron chi connectivity index (χ4n) is 2.17. The van der Waals surface area contributed by atoms with Gasteiger partial charge in [0, 0.05) is 11.4 Å². The fraction of sp³-hybridized carbons (Fsp3) is 0.222. The molecule has 22 heavy (non-hydrogen) atoms. The minimum atomic E-state index is -0.122. The Hall–Kier alpha value is -2.80. The van der Waals surface area contributed by atoms with Gasteiger partial charge >= 0.3 is 0 Å². The Balaban J connectivity index is 1.94. The fourth-order valence-corrected chi connectivity index (χ4v) is 2.17. The third kappa shape index (κ3) is 4.10. The number of hydrogen-bond donors (Lipinski definition) is 2. The Kier molecular flexibility index (Phi) is 5.16. The normalized spacial score (nSPS) is 10.1. The zero-order valence-electron chi connectivity index (χ0n) is 12.8. The van der Waals surface area contributed by atoms with Crippen LogP contribution in [0.15, 0.2) is 48.5 Å². The second kappa shape index (κ2) is 7.28. The highest BCUT2D eigenvalue weighted by Crippen LogP contribution is 2.23. The number of para-hydroxylation sites is 1. The van der Waals surface area contributed by atoms with E-state index in [1.165, 1.54) is 5.56 Å². The highest BCUT2D eigenvalue weighted by molar-refractivity contribution is 5.93. The summed E-state index contributed by atoms with van der Waals surface area (Å²) < 4.78 is 0. The molecule has 0 aliphatic heterocycles. The Morgan fingerprint density at radius 1 is 1.14 bits per heavy atom. The second-order valence-corrected chi connectivity index (χ2v) is 5.33. The molecular formula is C18H19N3O. The van der Waals surface area contributed by atoms with Crippen LogP contribution in [0, 0.1) is 11.3 Å². The SMILES string of the molecule is CC(C)c1ccccc1NCC(=O)Nc1ccc(C#N)cc1. The maximum Gasteiger partial charge on any atom is 0.243 e. The van der Waals surface area contributed by atoms with Gasteiger partial charge in [-0.2, -0.15) is 5.26 Å². The van der Waals surface area contributed by atoms with Crippen molar-refractivity contribution in [2.75, 3.05) is 17.2 Å². The van der Waals surface area contributed by atoms with E-state index in [4.69, 9.17) is 5.26 Å². The van der Waals surface area contributed by atoms with E-state index in [9.17, 15) is 4.79 Å². The number of nitrogens with one attached hydrogen (secondary N) is 2. The number of hydrogen-bond acceptors (Lipinski definition) is 3. The monoisotopic (exact) mass is 293 g/mol. The molecule has 0 saturated carbocycles. The van der Waals surface area contributed by atoms with Gasteiger partial charge in [-0.25, -0.2) is 0 Å². The van der Waals surface area contributed by atoms with Crippen molar-refractivity contribution in [3.05, 3.63) is 59.7 Å². The summed E-state index contributed by atoms with van der Waals surface area (Å²) in [4.78, 5) is 12.0. The van der Waals surface area contributed by atoms with E-state index in [0.29, 0.717) is 17.2 Å². The van der Waals surface area contributed by atoms with Crippen LogP contribution < -0.4 is 10.6 Å². The molecule has 4 nitrogen and oxygen atoms in total. The summed E-state index contributed by atoms with van der Waals surface area (Å²) in [5, 5.41) is 14.7. The molecular weight excluding hydrogens is 274 g/mol. The minimum absolute atomic E-state index is 0.122. The van der Waals surface area contributed by atoms with Crippen molar-refractivity contribution in [2.45, 2.75) is 19.8 Å². The maximum absolute atomic E-state index is 12.0. The lowest BCUT2D eigenvalue weighted by molar-refractivity contribution is -0.114. The molecule has 0 aliphatic rings. The van der Waals surface area contributed by atoms with Gasteiger partial charge in [-0.15, -0.1) is 0 Å². The van der Waals surface area contributed by atoms with Crippen molar-refractivity contribution >= 4 is 17.3 Å². The molecule has 0 unspecified atom stereocenters. The third-order valence-electron chi connectivity index (χ3n) is 3.32. The first-order valence-electron chi connectivity index (χ1n) is 7.23. The summed E-state index contributed by atoms with van der Waals surface area (Å²) in [7, 11) is 0. The molecule has 112 valence electrons. The van der Waals surface area contributed by atoms with Crippen molar-refractivity contribution in [3.63, 3.8) is 0 Å². The second-order valence-electron chi connectivity index (χ2n) is 5.33. The summed E-state index contributed by atoms with van der Waals surface area (Å²) in [5.74, 6) is 0.272. The van der Waals surface area contributed by atoms with Gasteiger partial charge < -0.3 is 10.6 Å². The van der Waals surface area contributed by atoms with E-state index >= 15 is 0 Å². The number of nitrogens with zero attached hydrogens (tertiary/aromatic N) is 1. The molecule has 0 heterocycles. The van der Waals surface area contributed by atoms with Crippen LogP contribution in [0.25, 0.3) is 0 Å². The van der Waals surface area contributed by atoms with Gasteiger partial charge in [-0.3, -0.25) is 4.79 Å². The lowest BCUT2D eigenvalue weighted by atomic mass is 10.0. The highest BCUT2D eigenvalue weighted by atomic mass is 16.1. The average Bonchev–Trinajstić information content (AvgIpc) is 2.54. The Morgan fingerprint density at radius 3 is 2.45 bits per heavy atom. The Bertz CT molecular complexity index is 684. The van der Waals surface area contributed by atoms with Crippen LogP contribution in [0.1, 0.15) is 30.9 Å². The summed E-state index contributed by atoms with van der Waals surface area (Å²) in [6.45, 7) is 4.44. The smallest absolute Gasteiger partial charge is 0.243 e. The van der Waals surface area contributed by atoms with E-state index in [-0.39, 0.29) is 12.5 Å². The average molecular weight is 293 g/mol. The number of benzene rings is 2. The van der Waals surface area contributed by atoms with Crippen LogP contribution in [0.4, 0.5) is 11.4 Å². The molecule has 0 aromatic heterocycles. The number of nitriles is 1. The van der Waals surface area contributed by atoms with Crippen LogP contribution in [0.3, 0.4) is 0 Å². The summed E-state index contributed by atoms with van der Waals surface area (Å²) in [6.07, 6.45) is 0. The molecule has 2 rings (SSSR count). The summed E-state index contributed by atoms with van der Waals surface area (Å²) in [5.41, 5.74) is 3.42. The van der Waals surface area contributed by atoms with Crippen LogP contribution in [-0.2, 0) is 4.79 Å². The van der Waals surface area contributed by atoms with E-state index in [2.05, 4.69) is 30.5 Å². The van der Waals surface area contributed by atoms with Gasteiger partial charge in [0.15, 0.2) is 0 Å². The van der Waals surface area contributed by atoms with Gasteiger partial charge in [0.05, 0.1) is 18.2 Å². The van der Waals surface area contributed by atoms with E-state index in [1.54, 1.807) is 24.3 Å². The number of carbonyl (C=O) groups excluding carboxylic acids is 1. The topological polar surface area (TPSA) is 64.9 Å². The van der Waals surface area contributed by atoms with Gasteiger partial charge in [0.25, 0.3) is 0 Å². The zero-order chi connectivity index (χ0) is 15.9. The predicted molar refractivity (Wildman–Crippen MR) is 88.8 cm³/mol. The predicted octanol–water partition coefficient (Wildman–Crippen LogP) is 3.73. The Labute approximate surface area is 130 Å². The molecule has 2 N–H and O–H groups in total. The molecule has 0 saturated heterocycles. The summed E-state index contributed by atoms with van der Waals surface area (Å²) >= 11 is 0. The van der Waals surface area contributed by atoms with Crippen LogP contribution in [-0.4, -0.2) is 12.5 Å². The number of carbonyl (C=O) groups is 1. The third-order valence-corrected chi connectivity index (χ3v) is 3.32. The molecule has 2 aromatic rings. The van der Waals surface area contributed by atoms with Crippen molar-refractivity contribution in [2.24, 2.45) is 0 Å². The molecule has 0 radical (unpaired) electrons. The molecule has 4 heteroatoms. The Morgan fingerprint density at radius 2 is 1.82 bits per heavy atom. The first-order chi connectivity index (χ1) is 10.6. The van der Waals surface area contributed by atoms with Gasteiger partial charge in [-0.05, 0) is 41.8 Å². The molecule has 0 spiro atoms. The molecule has 0 aliphatic carbocycles. The van der Waals surface area contributed by atoms with E-state index < -0.39 is 0 Å². The molecule has 2 aromatic carbocycles. The van der Waals surface area contributed by atoms with Crippen molar-refractivity contribution in [1.82, 2.24) is 0 Å². The molecule has 0 fully saturated rings. The zero-order valence-corrected chi connectivity index (χ0v) is 12.8. The van der Waals surface area contributed by atoms with Gasteiger partial charge in [-0.1, -0.05) is 32.0 Å². The highest BCUT2D eigenvalue weighted by Gasteiger charge is 2.07. The molecule has 0 bridgehead atoms. The molecule has 0 atom stereocenters. The first-order valence-corrected chi connectivity index (χ1v) is 7.23. The van der Waals surface area contributed by atoms with Gasteiger partial charge in [0.2, 0.25) is 5.91 Å². The largest absolute Gasteiger partial charge is 0.376 e.